The molecule has 36 heavy (non-hydrogen) atoms. The maximum Gasteiger partial charge on any atom is 0.163 e. The van der Waals surface area contributed by atoms with Crippen molar-refractivity contribution in [1.82, 2.24) is 39.4 Å². The van der Waals surface area contributed by atoms with E-state index in [-0.39, 0.29) is 0 Å². The molecule has 1 atom stereocenters. The molecule has 0 bridgehead atoms. The number of aryl methyl sites for hydroxylation is 1. The van der Waals surface area contributed by atoms with E-state index in [0.29, 0.717) is 28.9 Å². The smallest absolute Gasteiger partial charge is 0.163 e. The molecule has 0 amide bonds. The third kappa shape index (κ3) is 3.78. The number of aliphatic hydroxyl groups excluding tert-OH is 1. The largest absolute Gasteiger partial charge is 0.389 e. The van der Waals surface area contributed by atoms with Gasteiger partial charge in [0.2, 0.25) is 0 Å². The Balaban J connectivity index is 1.34. The van der Waals surface area contributed by atoms with Crippen LogP contribution in [-0.2, 0) is 0 Å². The van der Waals surface area contributed by atoms with Crippen molar-refractivity contribution in [1.29, 1.82) is 5.26 Å². The highest BCUT2D eigenvalue weighted by atomic mass is 16.3. The number of nitriles is 1. The van der Waals surface area contributed by atoms with E-state index in [4.69, 9.17) is 4.98 Å². The Morgan fingerprint density at radius 2 is 2.06 bits per heavy atom. The quantitative estimate of drug-likeness (QED) is 0.338. The van der Waals surface area contributed by atoms with Crippen molar-refractivity contribution in [2.45, 2.75) is 26.0 Å². The lowest BCUT2D eigenvalue weighted by Crippen LogP contribution is -2.43. The maximum absolute atomic E-state index is 10.3. The van der Waals surface area contributed by atoms with E-state index in [1.54, 1.807) is 24.0 Å². The number of hydrogen-bond donors (Lipinski definition) is 3. The van der Waals surface area contributed by atoms with Crippen LogP contribution in [0.2, 0.25) is 0 Å². The summed E-state index contributed by atoms with van der Waals surface area (Å²) in [5, 5.41) is 35.0. The molecule has 11 heteroatoms. The van der Waals surface area contributed by atoms with Gasteiger partial charge in [-0.1, -0.05) is 0 Å². The summed E-state index contributed by atoms with van der Waals surface area (Å²) in [5.74, 6) is 1.10. The molecule has 3 N–H and O–H groups in total. The predicted octanol–water partition coefficient (Wildman–Crippen LogP) is 2.92. The predicted molar refractivity (Wildman–Crippen MR) is 133 cm³/mol. The van der Waals surface area contributed by atoms with Crippen LogP contribution in [0.25, 0.3) is 22.7 Å². The molecule has 0 radical (unpaired) electrons. The second-order valence-corrected chi connectivity index (χ2v) is 8.92. The Hall–Kier alpha value is -4.53. The fourth-order valence-corrected chi connectivity index (χ4v) is 4.33. The van der Waals surface area contributed by atoms with E-state index in [1.807, 2.05) is 58.9 Å². The average Bonchev–Trinajstić information content (AvgIpc) is 3.56. The second-order valence-electron chi connectivity index (χ2n) is 8.92. The molecule has 1 unspecified atom stereocenters. The molecule has 5 aromatic rings. The summed E-state index contributed by atoms with van der Waals surface area (Å²) < 4.78 is 5.46. The van der Waals surface area contributed by atoms with E-state index in [1.165, 1.54) is 0 Å². The first-order valence-electron chi connectivity index (χ1n) is 11.7. The Kier molecular flexibility index (Phi) is 5.25. The lowest BCUT2D eigenvalue weighted by molar-refractivity contribution is 0.198. The van der Waals surface area contributed by atoms with Gasteiger partial charge in [-0.05, 0) is 50.2 Å². The highest BCUT2D eigenvalue weighted by Crippen LogP contribution is 2.27. The molecule has 180 valence electrons. The number of anilines is 2. The van der Waals surface area contributed by atoms with Gasteiger partial charge < -0.3 is 15.7 Å². The first-order valence-corrected chi connectivity index (χ1v) is 11.7. The lowest BCUT2D eigenvalue weighted by atomic mass is 10.1. The van der Waals surface area contributed by atoms with Gasteiger partial charge in [0, 0.05) is 36.2 Å². The zero-order chi connectivity index (χ0) is 24.8. The summed E-state index contributed by atoms with van der Waals surface area (Å²) in [6.45, 7) is 5.41. The van der Waals surface area contributed by atoms with Gasteiger partial charge in [-0.3, -0.25) is 9.25 Å². The van der Waals surface area contributed by atoms with E-state index >= 15 is 0 Å². The van der Waals surface area contributed by atoms with E-state index in [9.17, 15) is 10.4 Å². The molecule has 6 rings (SSSR count). The zero-order valence-electron chi connectivity index (χ0n) is 19.8. The van der Waals surface area contributed by atoms with Crippen LogP contribution in [0, 0.1) is 18.3 Å². The van der Waals surface area contributed by atoms with Crippen LogP contribution in [0.3, 0.4) is 0 Å². The van der Waals surface area contributed by atoms with Gasteiger partial charge in [0.1, 0.15) is 18.2 Å². The van der Waals surface area contributed by atoms with Gasteiger partial charge in [-0.2, -0.15) is 15.5 Å². The zero-order valence-corrected chi connectivity index (χ0v) is 19.8. The number of nitrogens with one attached hydrogen (secondary N) is 2. The molecular weight excluding hydrogens is 456 g/mol. The van der Waals surface area contributed by atoms with Crippen LogP contribution in [0.4, 0.5) is 11.4 Å². The highest BCUT2D eigenvalue weighted by Gasteiger charge is 2.20. The fraction of sp³-hybridized carbons (Fsp3) is 0.240. The Labute approximate surface area is 206 Å². The van der Waals surface area contributed by atoms with E-state index < -0.39 is 6.10 Å². The van der Waals surface area contributed by atoms with Crippen LogP contribution in [0.1, 0.15) is 36.0 Å². The Bertz CT molecular complexity index is 1620. The van der Waals surface area contributed by atoms with Gasteiger partial charge in [0.05, 0.1) is 35.1 Å². The van der Waals surface area contributed by atoms with Crippen molar-refractivity contribution >= 4 is 22.4 Å². The molecule has 4 aromatic heterocycles. The average molecular weight is 481 g/mol. The molecule has 11 nitrogen and oxygen atoms in total. The molecule has 1 aliphatic rings. The summed E-state index contributed by atoms with van der Waals surface area (Å²) in [6, 6.07) is 13.8. The monoisotopic (exact) mass is 480 g/mol. The van der Waals surface area contributed by atoms with Gasteiger partial charge in [0.25, 0.3) is 0 Å². The first kappa shape index (κ1) is 22.0. The van der Waals surface area contributed by atoms with Crippen molar-refractivity contribution < 1.29 is 5.11 Å². The van der Waals surface area contributed by atoms with Gasteiger partial charge in [-0.25, -0.2) is 14.6 Å². The molecule has 1 aliphatic heterocycles. The topological polar surface area (TPSA) is 134 Å². The van der Waals surface area contributed by atoms with Gasteiger partial charge >= 0.3 is 0 Å². The number of hydrogen-bond acceptors (Lipinski definition) is 8. The molecule has 0 saturated carbocycles. The normalized spacial score (nSPS) is 14.5. The molecular formula is C25H24N10O. The van der Waals surface area contributed by atoms with Crippen LogP contribution < -0.4 is 10.6 Å². The number of imidazole rings is 1. The van der Waals surface area contributed by atoms with Crippen molar-refractivity contribution in [2.75, 3.05) is 18.4 Å². The minimum absolute atomic E-state index is 0.291. The summed E-state index contributed by atoms with van der Waals surface area (Å²) in [7, 11) is 0. The number of nitrogens with zero attached hydrogens (tertiary/aromatic N) is 8. The third-order valence-electron chi connectivity index (χ3n) is 6.36. The van der Waals surface area contributed by atoms with Crippen molar-refractivity contribution in [2.24, 2.45) is 0 Å². The molecule has 1 fully saturated rings. The summed E-state index contributed by atoms with van der Waals surface area (Å²) in [5.41, 5.74) is 5.18. The summed E-state index contributed by atoms with van der Waals surface area (Å²) >= 11 is 0. The number of aromatic nitrogens is 7. The van der Waals surface area contributed by atoms with Crippen LogP contribution in [-0.4, -0.2) is 52.3 Å². The van der Waals surface area contributed by atoms with Crippen molar-refractivity contribution in [3.8, 4) is 17.7 Å². The molecule has 0 spiro atoms. The SMILES string of the molecule is Cc1cc(C#N)nn1-c1nc(-n2cnc3cc(Nc4cnn(C5CNC5)c4)ccc32)ccc1C(C)O. The lowest BCUT2D eigenvalue weighted by Gasteiger charge is -2.27. The number of rotatable bonds is 6. The number of aliphatic hydroxyl groups is 1. The van der Waals surface area contributed by atoms with E-state index in [2.05, 4.69) is 31.9 Å². The fourth-order valence-electron chi connectivity index (χ4n) is 4.33. The molecule has 0 aliphatic carbocycles. The Morgan fingerprint density at radius 1 is 1.19 bits per heavy atom. The van der Waals surface area contributed by atoms with Crippen molar-refractivity contribution in [3.05, 3.63) is 72.1 Å². The first-order chi connectivity index (χ1) is 17.5. The standard InChI is InChI=1S/C25H24N10O/c1-15-7-18(9-26)32-35(15)25-21(16(2)36)4-6-24(31-25)33-14-28-22-8-17(3-5-23(22)33)30-19-10-29-34(13-19)20-11-27-12-20/h3-8,10,13-14,16,20,27,30,36H,11-12H2,1-2H3. The van der Waals surface area contributed by atoms with Crippen LogP contribution in [0.5, 0.6) is 0 Å². The molecule has 5 heterocycles. The van der Waals surface area contributed by atoms with E-state index in [0.717, 1.165) is 41.2 Å². The molecule has 1 saturated heterocycles. The van der Waals surface area contributed by atoms with Crippen LogP contribution in [0.15, 0.2) is 55.1 Å². The molecule has 1 aromatic carbocycles. The van der Waals surface area contributed by atoms with Crippen LogP contribution >= 0.6 is 0 Å². The minimum Gasteiger partial charge on any atom is -0.389 e. The number of pyridine rings is 1. The summed E-state index contributed by atoms with van der Waals surface area (Å²) in [6.07, 6.45) is 4.80. The summed E-state index contributed by atoms with van der Waals surface area (Å²) in [4.78, 5) is 9.40. The maximum atomic E-state index is 10.3. The highest BCUT2D eigenvalue weighted by molar-refractivity contribution is 5.82. The third-order valence-corrected chi connectivity index (χ3v) is 6.36. The Morgan fingerprint density at radius 3 is 2.78 bits per heavy atom. The second kappa shape index (κ2) is 8.60. The number of fused-ring (bicyclic) bond motifs is 1. The number of benzene rings is 1. The van der Waals surface area contributed by atoms with Crippen molar-refractivity contribution in [3.63, 3.8) is 0 Å². The van der Waals surface area contributed by atoms with Gasteiger partial charge in [0.15, 0.2) is 11.5 Å². The van der Waals surface area contributed by atoms with Gasteiger partial charge in [-0.15, -0.1) is 0 Å². The minimum atomic E-state index is -0.756.